The predicted molar refractivity (Wildman–Crippen MR) is 126 cm³/mol. The zero-order valence-electron chi connectivity index (χ0n) is 17.3. The van der Waals surface area contributed by atoms with Crippen LogP contribution in [0.1, 0.15) is 42.0 Å². The van der Waals surface area contributed by atoms with E-state index in [1.807, 2.05) is 72.8 Å². The first-order chi connectivity index (χ1) is 15.0. The smallest absolute Gasteiger partial charge is 0.363 e. The number of hydrogen-bond acceptors (Lipinski definition) is 4. The number of carbonyl (C=O) groups is 1. The molecule has 4 rings (SSSR count). The van der Waals surface area contributed by atoms with Crippen LogP contribution >= 0.6 is 15.9 Å². The highest BCUT2D eigenvalue weighted by molar-refractivity contribution is 9.10. The molecule has 0 N–H and O–H groups in total. The number of aliphatic imine (C=N–C) groups is 1. The van der Waals surface area contributed by atoms with Crippen LogP contribution in [-0.4, -0.2) is 11.9 Å². The Morgan fingerprint density at radius 1 is 1.00 bits per heavy atom. The second-order valence-corrected chi connectivity index (χ2v) is 8.42. The van der Waals surface area contributed by atoms with Gasteiger partial charge in [0.2, 0.25) is 5.90 Å². The Balaban J connectivity index is 1.45. The summed E-state index contributed by atoms with van der Waals surface area (Å²) in [7, 11) is 0. The fourth-order valence-corrected chi connectivity index (χ4v) is 3.54. The summed E-state index contributed by atoms with van der Waals surface area (Å²) < 4.78 is 12.2. The van der Waals surface area contributed by atoms with Crippen LogP contribution in [0.5, 0.6) is 5.75 Å². The lowest BCUT2D eigenvalue weighted by Gasteiger charge is -2.08. The van der Waals surface area contributed by atoms with Gasteiger partial charge >= 0.3 is 5.97 Å². The molecule has 0 radical (unpaired) electrons. The third-order valence-electron chi connectivity index (χ3n) is 4.98. The molecule has 3 aromatic rings. The zero-order valence-corrected chi connectivity index (χ0v) is 18.9. The van der Waals surface area contributed by atoms with E-state index in [-0.39, 0.29) is 5.70 Å². The maximum absolute atomic E-state index is 12.3. The van der Waals surface area contributed by atoms with Gasteiger partial charge in [0.25, 0.3) is 0 Å². The largest absolute Gasteiger partial charge is 0.489 e. The van der Waals surface area contributed by atoms with Crippen LogP contribution in [0.15, 0.2) is 88.0 Å². The van der Waals surface area contributed by atoms with E-state index in [2.05, 4.69) is 34.8 Å². The van der Waals surface area contributed by atoms with Crippen molar-refractivity contribution >= 4 is 33.9 Å². The summed E-state index contributed by atoms with van der Waals surface area (Å²) in [5.41, 5.74) is 4.22. The Bertz CT molecular complexity index is 1150. The topological polar surface area (TPSA) is 47.9 Å². The number of carbonyl (C=O) groups excluding carboxylic acids is 1. The van der Waals surface area contributed by atoms with Crippen LogP contribution in [-0.2, 0) is 16.1 Å². The van der Waals surface area contributed by atoms with Crippen molar-refractivity contribution in [2.45, 2.75) is 26.4 Å². The van der Waals surface area contributed by atoms with Crippen molar-refractivity contribution < 1.29 is 14.3 Å². The maximum Gasteiger partial charge on any atom is 0.363 e. The number of benzene rings is 3. The van der Waals surface area contributed by atoms with Gasteiger partial charge in [-0.3, -0.25) is 0 Å². The van der Waals surface area contributed by atoms with Gasteiger partial charge in [-0.25, -0.2) is 9.79 Å². The van der Waals surface area contributed by atoms with E-state index >= 15 is 0 Å². The lowest BCUT2D eigenvalue weighted by molar-refractivity contribution is -0.129. The van der Waals surface area contributed by atoms with E-state index in [4.69, 9.17) is 9.47 Å². The van der Waals surface area contributed by atoms with E-state index < -0.39 is 5.97 Å². The number of halogens is 1. The first-order valence-electron chi connectivity index (χ1n) is 10.1. The average Bonchev–Trinajstić information content (AvgIpc) is 3.14. The minimum Gasteiger partial charge on any atom is -0.489 e. The van der Waals surface area contributed by atoms with Crippen molar-refractivity contribution in [3.05, 3.63) is 105 Å². The molecule has 0 fully saturated rings. The quantitative estimate of drug-likeness (QED) is 0.302. The average molecular weight is 476 g/mol. The van der Waals surface area contributed by atoms with Gasteiger partial charge in [0.1, 0.15) is 12.4 Å². The second kappa shape index (κ2) is 9.31. The minimum absolute atomic E-state index is 0.282. The van der Waals surface area contributed by atoms with Gasteiger partial charge in [-0.2, -0.15) is 0 Å². The minimum atomic E-state index is -0.447. The van der Waals surface area contributed by atoms with Gasteiger partial charge < -0.3 is 9.47 Å². The van der Waals surface area contributed by atoms with Gasteiger partial charge in [0.15, 0.2) is 5.70 Å². The fourth-order valence-electron chi connectivity index (χ4n) is 3.14. The van der Waals surface area contributed by atoms with Gasteiger partial charge in [-0.15, -0.1) is 0 Å². The first-order valence-corrected chi connectivity index (χ1v) is 10.9. The second-order valence-electron chi connectivity index (χ2n) is 7.56. The van der Waals surface area contributed by atoms with E-state index in [1.54, 1.807) is 6.08 Å². The highest BCUT2D eigenvalue weighted by Crippen LogP contribution is 2.23. The number of ether oxygens (including phenoxy) is 2. The predicted octanol–water partition coefficient (Wildman–Crippen LogP) is 6.50. The Labute approximate surface area is 190 Å². The van der Waals surface area contributed by atoms with Crippen molar-refractivity contribution in [3.63, 3.8) is 0 Å². The van der Waals surface area contributed by atoms with Gasteiger partial charge in [-0.05, 0) is 53.5 Å². The highest BCUT2D eigenvalue weighted by Gasteiger charge is 2.24. The Kier molecular flexibility index (Phi) is 6.33. The number of esters is 1. The molecule has 3 aromatic carbocycles. The number of hydrogen-bond donors (Lipinski definition) is 0. The van der Waals surface area contributed by atoms with Crippen LogP contribution in [0, 0.1) is 0 Å². The highest BCUT2D eigenvalue weighted by atomic mass is 79.9. The summed E-state index contributed by atoms with van der Waals surface area (Å²) in [6, 6.07) is 23.4. The Morgan fingerprint density at radius 3 is 2.39 bits per heavy atom. The number of nitrogens with zero attached hydrogens (tertiary/aromatic N) is 1. The Morgan fingerprint density at radius 2 is 1.71 bits per heavy atom. The van der Waals surface area contributed by atoms with Crippen LogP contribution in [0.2, 0.25) is 0 Å². The van der Waals surface area contributed by atoms with Crippen molar-refractivity contribution in [2.75, 3.05) is 0 Å². The summed E-state index contributed by atoms with van der Waals surface area (Å²) >= 11 is 3.52. The van der Waals surface area contributed by atoms with E-state index in [0.29, 0.717) is 18.4 Å². The zero-order chi connectivity index (χ0) is 21.8. The molecule has 4 nitrogen and oxygen atoms in total. The third kappa shape index (κ3) is 5.12. The molecule has 0 aliphatic carbocycles. The molecule has 0 unspecified atom stereocenters. The molecule has 1 aliphatic rings. The molecule has 0 spiro atoms. The summed E-state index contributed by atoms with van der Waals surface area (Å²) in [4.78, 5) is 16.6. The van der Waals surface area contributed by atoms with Gasteiger partial charge in [0, 0.05) is 15.6 Å². The van der Waals surface area contributed by atoms with Crippen LogP contribution < -0.4 is 4.74 Å². The molecule has 5 heteroatoms. The van der Waals surface area contributed by atoms with Gasteiger partial charge in [-0.1, -0.05) is 72.2 Å². The molecule has 1 aliphatic heterocycles. The van der Waals surface area contributed by atoms with E-state index in [9.17, 15) is 4.79 Å². The SMILES string of the molecule is CC(C)c1ccc(C2=N/C(=C\c3ccc(OCc4ccccc4Br)cc3)C(=O)O2)cc1. The maximum atomic E-state index is 12.3. The van der Waals surface area contributed by atoms with Gasteiger partial charge in [0.05, 0.1) is 0 Å². The van der Waals surface area contributed by atoms with E-state index in [0.717, 1.165) is 26.9 Å². The molecular formula is C26H22BrNO3. The number of rotatable bonds is 6. The van der Waals surface area contributed by atoms with Crippen LogP contribution in [0.25, 0.3) is 6.08 Å². The van der Waals surface area contributed by atoms with Crippen LogP contribution in [0.3, 0.4) is 0 Å². The van der Waals surface area contributed by atoms with Crippen molar-refractivity contribution in [3.8, 4) is 5.75 Å². The fraction of sp³-hybridized carbons (Fsp3) is 0.154. The van der Waals surface area contributed by atoms with Crippen LogP contribution in [0.4, 0.5) is 0 Å². The summed E-state index contributed by atoms with van der Waals surface area (Å²) in [6.45, 7) is 4.75. The summed E-state index contributed by atoms with van der Waals surface area (Å²) in [5, 5.41) is 0. The first kappa shape index (κ1) is 21.1. The standard InChI is InChI=1S/C26H22BrNO3/c1-17(2)19-9-11-20(12-10-19)25-28-24(26(29)31-25)15-18-7-13-22(14-8-18)30-16-21-5-3-4-6-23(21)27/h3-15,17H,16H2,1-2H3/b24-15-. The lowest BCUT2D eigenvalue weighted by atomic mass is 10.0. The molecule has 1 heterocycles. The Hall–Kier alpha value is -3.18. The summed E-state index contributed by atoms with van der Waals surface area (Å²) in [5.74, 6) is 1.08. The van der Waals surface area contributed by atoms with Crippen molar-refractivity contribution in [1.82, 2.24) is 0 Å². The molecule has 0 amide bonds. The summed E-state index contributed by atoms with van der Waals surface area (Å²) in [6.07, 6.45) is 1.72. The molecule has 0 saturated heterocycles. The molecule has 0 atom stereocenters. The van der Waals surface area contributed by atoms with Crippen molar-refractivity contribution in [1.29, 1.82) is 0 Å². The normalized spacial score (nSPS) is 14.6. The molecule has 0 saturated carbocycles. The molecule has 31 heavy (non-hydrogen) atoms. The molecular weight excluding hydrogens is 454 g/mol. The van der Waals surface area contributed by atoms with E-state index in [1.165, 1.54) is 5.56 Å². The number of cyclic esters (lactones) is 1. The lowest BCUT2D eigenvalue weighted by Crippen LogP contribution is -2.05. The molecule has 0 bridgehead atoms. The van der Waals surface area contributed by atoms with Crippen molar-refractivity contribution in [2.24, 2.45) is 4.99 Å². The monoisotopic (exact) mass is 475 g/mol. The molecule has 0 aromatic heterocycles. The molecule has 156 valence electrons. The third-order valence-corrected chi connectivity index (χ3v) is 5.75.